The van der Waals surface area contributed by atoms with Crippen molar-refractivity contribution in [1.29, 1.82) is 0 Å². The van der Waals surface area contributed by atoms with E-state index in [1.165, 1.54) is 4.90 Å². The highest BCUT2D eigenvalue weighted by Crippen LogP contribution is 2.48. The number of carbonyl (C=O) groups excluding carboxylic acids is 3. The molecule has 15 atom stereocenters. The first kappa shape index (κ1) is 47.2. The van der Waals surface area contributed by atoms with Gasteiger partial charge in [-0.2, -0.15) is 0 Å². The zero-order chi connectivity index (χ0) is 42.4. The summed E-state index contributed by atoms with van der Waals surface area (Å²) in [5.74, 6) is -5.38. The molecule has 1 spiro atoms. The van der Waals surface area contributed by atoms with E-state index in [9.17, 15) is 45.0 Å². The van der Waals surface area contributed by atoms with Gasteiger partial charge < -0.3 is 49.7 Å². The highest BCUT2D eigenvalue weighted by Gasteiger charge is 2.69. The van der Waals surface area contributed by atoms with Gasteiger partial charge in [-0.15, -0.1) is 0 Å². The van der Waals surface area contributed by atoms with Crippen LogP contribution in [0, 0.1) is 23.7 Å². The summed E-state index contributed by atoms with van der Waals surface area (Å²) in [6.45, 7) is 14.9. The molecule has 1 amide bonds. The first-order chi connectivity index (χ1) is 26.8. The number of nitrogens with zero attached hydrogens (tertiary/aromatic N) is 1. The average molecular weight is 806 g/mol. The number of ketones is 1. The molecule has 4 aliphatic rings. The maximum Gasteiger partial charge on any atom is 0.329 e. The number of amides is 1. The third-order valence-electron chi connectivity index (χ3n) is 12.8. The predicted octanol–water partition coefficient (Wildman–Crippen LogP) is 4.05. The van der Waals surface area contributed by atoms with E-state index in [2.05, 4.69) is 0 Å². The molecule has 13 nitrogen and oxygen atoms in total. The SMILES string of the molecule is CC/C1=C\CC(/C(C)=C/C(C)C(C)O)OC(=O)C2CCCCN2C(=O)C(=O)C23OC(CCC2O3)CC(O)C(C)C(O)CC(O)CC(O)/C(C)=C/C(C)CC(C)C1O. The van der Waals surface area contributed by atoms with Gasteiger partial charge in [-0.25, -0.2) is 4.79 Å². The second-order valence-corrected chi connectivity index (χ2v) is 17.7. The Hall–Kier alpha value is -2.49. The molecule has 2 bridgehead atoms. The predicted molar refractivity (Wildman–Crippen MR) is 213 cm³/mol. The van der Waals surface area contributed by atoms with E-state index in [0.717, 1.165) is 5.57 Å². The molecule has 0 aromatic rings. The molecule has 0 radical (unpaired) electrons. The number of aliphatic hydroxyl groups is 6. The molecule has 0 saturated carbocycles. The standard InChI is InChI=1S/C44H71NO12/c1-9-31-13-15-38(27(5)20-25(3)30(8)46)55-43(54)34-12-10-11-17-45(34)42(53)41(52)44-39(57-44)16-14-33(56-44)23-37(50)29(7)36(49)22-32(47)21-35(48)26(4)18-24(2)19-28(6)40(31)51/h13,18,20,24-25,28-30,32-40,46-51H,9-12,14-17,19,21-23H2,1-8H3/b26-18+,27-20+,31-13+. The fraction of sp³-hybridized carbons (Fsp3) is 0.795. The Morgan fingerprint density at radius 3 is 2.30 bits per heavy atom. The van der Waals surface area contributed by atoms with Crippen molar-refractivity contribution in [3.63, 3.8) is 0 Å². The minimum atomic E-state index is -1.81. The van der Waals surface area contributed by atoms with Crippen LogP contribution in [0.15, 0.2) is 34.9 Å². The Kier molecular flexibility index (Phi) is 17.1. The normalized spacial score (nSPS) is 41.9. The zero-order valence-corrected chi connectivity index (χ0v) is 35.4. The van der Waals surface area contributed by atoms with E-state index in [0.29, 0.717) is 56.1 Å². The number of fused-ring (bicyclic) bond motifs is 2. The molecule has 0 aromatic heterocycles. The lowest BCUT2D eigenvalue weighted by molar-refractivity contribution is -0.173. The number of hydrogen-bond acceptors (Lipinski definition) is 12. The summed E-state index contributed by atoms with van der Waals surface area (Å²) in [6.07, 6.45) is 1.77. The molecule has 3 fully saturated rings. The number of allylic oxidation sites excluding steroid dienone is 1. The van der Waals surface area contributed by atoms with Crippen LogP contribution in [0.3, 0.4) is 0 Å². The van der Waals surface area contributed by atoms with Crippen LogP contribution in [0.4, 0.5) is 0 Å². The quantitative estimate of drug-likeness (QED) is 0.103. The van der Waals surface area contributed by atoms with Crippen LogP contribution >= 0.6 is 0 Å². The molecular weight excluding hydrogens is 734 g/mol. The Morgan fingerprint density at radius 1 is 0.947 bits per heavy atom. The summed E-state index contributed by atoms with van der Waals surface area (Å²) in [5, 5.41) is 65.7. The molecular formula is C44H71NO12. The number of piperidine rings is 1. The Bertz CT molecular complexity index is 1480. The minimum Gasteiger partial charge on any atom is -0.456 e. The molecule has 57 heavy (non-hydrogen) atoms. The van der Waals surface area contributed by atoms with Gasteiger partial charge in [0.05, 0.1) is 42.7 Å². The third kappa shape index (κ3) is 12.1. The number of carbonyl (C=O) groups is 3. The van der Waals surface area contributed by atoms with E-state index < -0.39 is 90.3 Å². The molecule has 0 aromatic carbocycles. The van der Waals surface area contributed by atoms with Gasteiger partial charge in [-0.3, -0.25) is 9.59 Å². The van der Waals surface area contributed by atoms with Crippen molar-refractivity contribution in [3.8, 4) is 0 Å². The van der Waals surface area contributed by atoms with Crippen molar-refractivity contribution in [1.82, 2.24) is 4.90 Å². The molecule has 13 heteroatoms. The summed E-state index contributed by atoms with van der Waals surface area (Å²) in [5.41, 5.74) is 2.15. The topological polar surface area (TPSA) is 207 Å². The Balaban J connectivity index is 1.66. The van der Waals surface area contributed by atoms with Gasteiger partial charge in [0.25, 0.3) is 17.5 Å². The molecule has 6 N–H and O–H groups in total. The van der Waals surface area contributed by atoms with Crippen LogP contribution in [0.2, 0.25) is 0 Å². The zero-order valence-electron chi connectivity index (χ0n) is 35.4. The second kappa shape index (κ2) is 20.7. The van der Waals surface area contributed by atoms with Crippen LogP contribution in [0.25, 0.3) is 0 Å². The summed E-state index contributed by atoms with van der Waals surface area (Å²) in [4.78, 5) is 43.3. The number of ether oxygens (including phenoxy) is 3. The fourth-order valence-electron chi connectivity index (χ4n) is 8.71. The fourth-order valence-corrected chi connectivity index (χ4v) is 8.71. The van der Waals surface area contributed by atoms with Crippen molar-refractivity contribution in [3.05, 3.63) is 34.9 Å². The van der Waals surface area contributed by atoms with Gasteiger partial charge in [0.2, 0.25) is 0 Å². The Labute approximate surface area is 339 Å². The van der Waals surface area contributed by atoms with Crippen LogP contribution < -0.4 is 0 Å². The van der Waals surface area contributed by atoms with Crippen LogP contribution in [0.1, 0.15) is 126 Å². The summed E-state index contributed by atoms with van der Waals surface area (Å²) in [6, 6.07) is -1.02. The molecule has 4 rings (SSSR count). The van der Waals surface area contributed by atoms with E-state index >= 15 is 0 Å². The van der Waals surface area contributed by atoms with Crippen molar-refractivity contribution in [2.45, 2.75) is 193 Å². The van der Waals surface area contributed by atoms with Crippen LogP contribution in [0.5, 0.6) is 0 Å². The summed E-state index contributed by atoms with van der Waals surface area (Å²) >= 11 is 0. The van der Waals surface area contributed by atoms with Crippen molar-refractivity contribution >= 4 is 17.7 Å². The van der Waals surface area contributed by atoms with Crippen LogP contribution in [-0.2, 0) is 28.6 Å². The van der Waals surface area contributed by atoms with E-state index in [1.807, 2.05) is 52.8 Å². The van der Waals surface area contributed by atoms with Crippen molar-refractivity contribution < 1.29 is 59.2 Å². The van der Waals surface area contributed by atoms with Gasteiger partial charge >= 0.3 is 5.97 Å². The number of hydrogen-bond donors (Lipinski definition) is 6. The molecule has 324 valence electrons. The van der Waals surface area contributed by atoms with Crippen molar-refractivity contribution in [2.75, 3.05) is 6.54 Å². The molecule has 4 heterocycles. The third-order valence-corrected chi connectivity index (χ3v) is 12.8. The molecule has 4 aliphatic heterocycles. The summed E-state index contributed by atoms with van der Waals surface area (Å²) in [7, 11) is 0. The highest BCUT2D eigenvalue weighted by atomic mass is 16.8. The lowest BCUT2D eigenvalue weighted by Crippen LogP contribution is -2.55. The van der Waals surface area contributed by atoms with Gasteiger partial charge in [0.1, 0.15) is 18.2 Å². The maximum atomic E-state index is 14.1. The maximum absolute atomic E-state index is 14.1. The number of esters is 1. The largest absolute Gasteiger partial charge is 0.456 e. The van der Waals surface area contributed by atoms with Crippen molar-refractivity contribution in [2.24, 2.45) is 23.7 Å². The molecule has 0 aliphatic carbocycles. The first-order valence-corrected chi connectivity index (χ1v) is 21.3. The minimum absolute atomic E-state index is 0.00752. The first-order valence-electron chi connectivity index (χ1n) is 21.3. The lowest BCUT2D eigenvalue weighted by Gasteiger charge is -2.36. The smallest absolute Gasteiger partial charge is 0.329 e. The van der Waals surface area contributed by atoms with Gasteiger partial charge in [0.15, 0.2) is 0 Å². The van der Waals surface area contributed by atoms with E-state index in [4.69, 9.17) is 14.2 Å². The van der Waals surface area contributed by atoms with Gasteiger partial charge in [0, 0.05) is 31.2 Å². The lowest BCUT2D eigenvalue weighted by atomic mass is 9.86. The van der Waals surface area contributed by atoms with Crippen LogP contribution in [-0.4, -0.2) is 127 Å². The number of aliphatic hydroxyl groups excluding tert-OH is 6. The number of epoxide rings is 1. The molecule has 3 saturated heterocycles. The van der Waals surface area contributed by atoms with Gasteiger partial charge in [-0.1, -0.05) is 52.8 Å². The highest BCUT2D eigenvalue weighted by molar-refractivity contribution is 6.40. The monoisotopic (exact) mass is 805 g/mol. The average Bonchev–Trinajstić information content (AvgIpc) is 3.90. The molecule has 15 unspecified atom stereocenters. The van der Waals surface area contributed by atoms with E-state index in [-0.39, 0.29) is 50.0 Å². The number of cyclic esters (lactones) is 1. The van der Waals surface area contributed by atoms with Gasteiger partial charge in [-0.05, 0) is 107 Å². The Morgan fingerprint density at radius 2 is 1.63 bits per heavy atom. The second-order valence-electron chi connectivity index (χ2n) is 17.7. The van der Waals surface area contributed by atoms with E-state index in [1.54, 1.807) is 20.8 Å². The number of rotatable bonds is 4. The number of Topliss-reactive ketones (excluding diaryl/α,β-unsaturated/α-hetero) is 1. The summed E-state index contributed by atoms with van der Waals surface area (Å²) < 4.78 is 18.1.